The standard InChI is InChI=1S/C13H23NO4/c1-12(2,3)14(9-11(16)17)10(15)8-13(18-4)6-5-7-13/h5-9H2,1-4H3,(H,16,17). The monoisotopic (exact) mass is 257 g/mol. The summed E-state index contributed by atoms with van der Waals surface area (Å²) in [5, 5.41) is 8.90. The van der Waals surface area contributed by atoms with Crippen molar-refractivity contribution in [1.29, 1.82) is 0 Å². The van der Waals surface area contributed by atoms with Crippen LogP contribution < -0.4 is 0 Å². The second-order valence-electron chi connectivity index (χ2n) is 5.96. The summed E-state index contributed by atoms with van der Waals surface area (Å²) in [5.74, 6) is -1.13. The molecule has 0 atom stereocenters. The van der Waals surface area contributed by atoms with Gasteiger partial charge in [-0.25, -0.2) is 0 Å². The zero-order chi connectivity index (χ0) is 14.0. The summed E-state index contributed by atoms with van der Waals surface area (Å²) in [6.07, 6.45) is 3.09. The van der Waals surface area contributed by atoms with E-state index in [9.17, 15) is 9.59 Å². The summed E-state index contributed by atoms with van der Waals surface area (Å²) in [5.41, 5.74) is -0.854. The zero-order valence-corrected chi connectivity index (χ0v) is 11.7. The number of amides is 1. The van der Waals surface area contributed by atoms with Crippen molar-refractivity contribution in [3.63, 3.8) is 0 Å². The van der Waals surface area contributed by atoms with Gasteiger partial charge >= 0.3 is 5.97 Å². The molecule has 104 valence electrons. The third kappa shape index (κ3) is 3.45. The van der Waals surface area contributed by atoms with Gasteiger partial charge in [0.05, 0.1) is 12.0 Å². The third-order valence-electron chi connectivity index (χ3n) is 3.58. The van der Waals surface area contributed by atoms with Crippen molar-refractivity contribution in [2.75, 3.05) is 13.7 Å². The van der Waals surface area contributed by atoms with Crippen molar-refractivity contribution in [1.82, 2.24) is 4.90 Å². The fourth-order valence-electron chi connectivity index (χ4n) is 2.23. The second-order valence-corrected chi connectivity index (χ2v) is 5.96. The highest BCUT2D eigenvalue weighted by Gasteiger charge is 2.41. The van der Waals surface area contributed by atoms with E-state index < -0.39 is 11.5 Å². The number of hydrogen-bond acceptors (Lipinski definition) is 3. The Morgan fingerprint density at radius 3 is 2.17 bits per heavy atom. The average molecular weight is 257 g/mol. The van der Waals surface area contributed by atoms with Crippen LogP contribution in [0.5, 0.6) is 0 Å². The van der Waals surface area contributed by atoms with Crippen LogP contribution in [0.4, 0.5) is 0 Å². The molecule has 1 fully saturated rings. The van der Waals surface area contributed by atoms with Crippen LogP contribution in [-0.2, 0) is 14.3 Å². The molecule has 0 unspecified atom stereocenters. The maximum atomic E-state index is 12.3. The molecule has 0 aliphatic heterocycles. The Bertz CT molecular complexity index is 323. The highest BCUT2D eigenvalue weighted by atomic mass is 16.5. The van der Waals surface area contributed by atoms with Crippen molar-refractivity contribution in [3.05, 3.63) is 0 Å². The van der Waals surface area contributed by atoms with Crippen LogP contribution in [0.1, 0.15) is 46.5 Å². The molecule has 0 aromatic carbocycles. The predicted molar refractivity (Wildman–Crippen MR) is 67.3 cm³/mol. The van der Waals surface area contributed by atoms with Gasteiger partial charge < -0.3 is 14.7 Å². The molecule has 0 aromatic heterocycles. The molecule has 1 aliphatic carbocycles. The molecule has 0 bridgehead atoms. The Morgan fingerprint density at radius 2 is 1.89 bits per heavy atom. The van der Waals surface area contributed by atoms with Gasteiger partial charge in [0.15, 0.2) is 0 Å². The van der Waals surface area contributed by atoms with Gasteiger partial charge in [0.2, 0.25) is 5.91 Å². The summed E-state index contributed by atoms with van der Waals surface area (Å²) in [6, 6.07) is 0. The molecule has 18 heavy (non-hydrogen) atoms. The first-order valence-corrected chi connectivity index (χ1v) is 6.28. The number of carboxylic acid groups (broad SMARTS) is 1. The first-order valence-electron chi connectivity index (χ1n) is 6.28. The molecule has 0 saturated heterocycles. The van der Waals surface area contributed by atoms with Crippen LogP contribution in [0.3, 0.4) is 0 Å². The molecule has 1 rings (SSSR count). The van der Waals surface area contributed by atoms with Gasteiger partial charge in [-0.1, -0.05) is 0 Å². The first kappa shape index (κ1) is 15.0. The van der Waals surface area contributed by atoms with Gasteiger partial charge in [-0.3, -0.25) is 9.59 Å². The van der Waals surface area contributed by atoms with Gasteiger partial charge in [0.1, 0.15) is 6.54 Å². The summed E-state index contributed by atoms with van der Waals surface area (Å²) in [6.45, 7) is 5.26. The van der Waals surface area contributed by atoms with E-state index in [1.165, 1.54) is 4.90 Å². The first-order chi connectivity index (χ1) is 8.20. The molecular formula is C13H23NO4. The zero-order valence-electron chi connectivity index (χ0n) is 11.7. The maximum absolute atomic E-state index is 12.3. The smallest absolute Gasteiger partial charge is 0.323 e. The van der Waals surface area contributed by atoms with Crippen LogP contribution in [0.25, 0.3) is 0 Å². The van der Waals surface area contributed by atoms with Crippen LogP contribution in [0.2, 0.25) is 0 Å². The number of carbonyl (C=O) groups excluding carboxylic acids is 1. The Morgan fingerprint density at radius 1 is 1.33 bits per heavy atom. The summed E-state index contributed by atoms with van der Waals surface area (Å²) in [7, 11) is 1.62. The normalized spacial score (nSPS) is 18.0. The molecular weight excluding hydrogens is 234 g/mol. The Balaban J connectivity index is 2.73. The van der Waals surface area contributed by atoms with E-state index in [2.05, 4.69) is 0 Å². The number of nitrogens with zero attached hydrogens (tertiary/aromatic N) is 1. The lowest BCUT2D eigenvalue weighted by atomic mass is 9.77. The van der Waals surface area contributed by atoms with Gasteiger partial charge in [-0.05, 0) is 40.0 Å². The van der Waals surface area contributed by atoms with Crippen molar-refractivity contribution in [2.24, 2.45) is 0 Å². The summed E-state index contributed by atoms with van der Waals surface area (Å²) < 4.78 is 5.42. The van der Waals surface area contributed by atoms with Crippen LogP contribution in [0.15, 0.2) is 0 Å². The SMILES string of the molecule is COC1(CC(=O)N(CC(=O)O)C(C)(C)C)CCC1. The molecule has 0 radical (unpaired) electrons. The lowest BCUT2D eigenvalue weighted by Crippen LogP contribution is -2.52. The quantitative estimate of drug-likeness (QED) is 0.813. The Kier molecular flexibility index (Phi) is 4.37. The molecule has 5 nitrogen and oxygen atoms in total. The van der Waals surface area contributed by atoms with Crippen molar-refractivity contribution in [2.45, 2.75) is 57.6 Å². The van der Waals surface area contributed by atoms with E-state index in [0.29, 0.717) is 0 Å². The lowest BCUT2D eigenvalue weighted by Gasteiger charge is -2.43. The van der Waals surface area contributed by atoms with E-state index in [1.54, 1.807) is 7.11 Å². The predicted octanol–water partition coefficient (Wildman–Crippen LogP) is 1.66. The molecule has 1 N–H and O–H groups in total. The molecule has 5 heteroatoms. The Labute approximate surface area is 108 Å². The number of rotatable bonds is 5. The van der Waals surface area contributed by atoms with E-state index in [4.69, 9.17) is 9.84 Å². The number of carbonyl (C=O) groups is 2. The molecule has 0 spiro atoms. The van der Waals surface area contributed by atoms with Gasteiger partial charge in [0, 0.05) is 12.6 Å². The average Bonchev–Trinajstić information content (AvgIpc) is 2.18. The minimum atomic E-state index is -0.988. The molecule has 0 aromatic rings. The molecule has 0 heterocycles. The van der Waals surface area contributed by atoms with E-state index in [1.807, 2.05) is 20.8 Å². The van der Waals surface area contributed by atoms with E-state index >= 15 is 0 Å². The minimum Gasteiger partial charge on any atom is -0.480 e. The third-order valence-corrected chi connectivity index (χ3v) is 3.58. The maximum Gasteiger partial charge on any atom is 0.323 e. The lowest BCUT2D eigenvalue weighted by molar-refractivity contribution is -0.155. The molecule has 1 aliphatic rings. The van der Waals surface area contributed by atoms with Crippen molar-refractivity contribution >= 4 is 11.9 Å². The Hall–Kier alpha value is -1.10. The van der Waals surface area contributed by atoms with Gasteiger partial charge in [0.25, 0.3) is 0 Å². The second kappa shape index (κ2) is 5.26. The van der Waals surface area contributed by atoms with Gasteiger partial charge in [-0.2, -0.15) is 0 Å². The van der Waals surface area contributed by atoms with Crippen LogP contribution >= 0.6 is 0 Å². The van der Waals surface area contributed by atoms with E-state index in [0.717, 1.165) is 19.3 Å². The van der Waals surface area contributed by atoms with Crippen LogP contribution in [-0.4, -0.2) is 46.7 Å². The van der Waals surface area contributed by atoms with Gasteiger partial charge in [-0.15, -0.1) is 0 Å². The number of aliphatic carboxylic acids is 1. The molecule has 1 amide bonds. The highest BCUT2D eigenvalue weighted by molar-refractivity contribution is 5.82. The van der Waals surface area contributed by atoms with Crippen LogP contribution in [0, 0.1) is 0 Å². The summed E-state index contributed by atoms with van der Waals surface area (Å²) >= 11 is 0. The highest BCUT2D eigenvalue weighted by Crippen LogP contribution is 2.38. The number of methoxy groups -OCH3 is 1. The largest absolute Gasteiger partial charge is 0.480 e. The topological polar surface area (TPSA) is 66.8 Å². The van der Waals surface area contributed by atoms with E-state index in [-0.39, 0.29) is 24.5 Å². The van der Waals surface area contributed by atoms with Crippen molar-refractivity contribution < 1.29 is 19.4 Å². The summed E-state index contributed by atoms with van der Waals surface area (Å²) in [4.78, 5) is 24.5. The fraction of sp³-hybridized carbons (Fsp3) is 0.846. The minimum absolute atomic E-state index is 0.147. The number of carboxylic acids is 1. The van der Waals surface area contributed by atoms with Crippen molar-refractivity contribution in [3.8, 4) is 0 Å². The molecule has 1 saturated carbocycles. The number of hydrogen-bond donors (Lipinski definition) is 1. The fourth-order valence-corrected chi connectivity index (χ4v) is 2.23. The number of ether oxygens (including phenoxy) is 1.